The molecule has 6 nitrogen and oxygen atoms in total. The molecule has 0 radical (unpaired) electrons. The number of ether oxygens (including phenoxy) is 2. The van der Waals surface area contributed by atoms with Crippen molar-refractivity contribution in [3.8, 4) is 16.9 Å². The van der Waals surface area contributed by atoms with Gasteiger partial charge in [0.25, 0.3) is 5.91 Å². The summed E-state index contributed by atoms with van der Waals surface area (Å²) in [6.45, 7) is 13.6. The van der Waals surface area contributed by atoms with Crippen molar-refractivity contribution in [3.05, 3.63) is 86.5 Å². The van der Waals surface area contributed by atoms with E-state index in [0.29, 0.717) is 35.3 Å². The molecule has 0 aliphatic carbocycles. The van der Waals surface area contributed by atoms with Crippen LogP contribution in [0.3, 0.4) is 0 Å². The molecule has 1 N–H and O–H groups in total. The monoisotopic (exact) mass is 577 g/mol. The average molecular weight is 578 g/mol. The Balaban J connectivity index is 1.78. The zero-order valence-electron chi connectivity index (χ0n) is 25.2. The number of carbonyl (C=O) groups excluding carboxylic acids is 1. The average Bonchev–Trinajstić information content (AvgIpc) is 3.28. The Labute approximate surface area is 245 Å². The van der Waals surface area contributed by atoms with Crippen LogP contribution in [0.2, 0.25) is 0 Å². The molecule has 222 valence electrons. The number of carboxylic acids is 1. The molecule has 0 aromatic heterocycles. The van der Waals surface area contributed by atoms with Crippen molar-refractivity contribution >= 4 is 11.9 Å². The zero-order valence-corrected chi connectivity index (χ0v) is 25.2. The molecule has 3 aromatic carbocycles. The second kappa shape index (κ2) is 10.8. The van der Waals surface area contributed by atoms with Crippen LogP contribution in [0, 0.1) is 32.4 Å². The van der Waals surface area contributed by atoms with E-state index in [2.05, 4.69) is 0 Å². The number of nitrogens with zero attached hydrogens (tertiary/aromatic N) is 1. The van der Waals surface area contributed by atoms with Crippen molar-refractivity contribution in [1.82, 2.24) is 4.90 Å². The first-order valence-electron chi connectivity index (χ1n) is 14.3. The third kappa shape index (κ3) is 5.06. The quantitative estimate of drug-likeness (QED) is 0.339. The Kier molecular flexibility index (Phi) is 7.64. The molecular weight excluding hydrogens is 540 g/mol. The lowest BCUT2D eigenvalue weighted by Crippen LogP contribution is -2.29. The minimum Gasteiger partial charge on any atom is -0.490 e. The number of amides is 1. The molecule has 2 heterocycles. The molecule has 0 spiro atoms. The summed E-state index contributed by atoms with van der Waals surface area (Å²) in [5.41, 5.74) is 5.81. The predicted octanol–water partition coefficient (Wildman–Crippen LogP) is 7.54. The molecule has 2 atom stereocenters. The smallest absolute Gasteiger partial charge is 0.337 e. The number of carboxylic acid groups (broad SMARTS) is 1. The molecule has 2 aliphatic heterocycles. The number of aliphatic carboxylic acids is 1. The lowest BCUT2D eigenvalue weighted by Gasteiger charge is -2.31. The van der Waals surface area contributed by atoms with Gasteiger partial charge < -0.3 is 19.5 Å². The molecule has 0 saturated heterocycles. The number of carbonyl (C=O) groups is 2. The summed E-state index contributed by atoms with van der Waals surface area (Å²) in [5, 5.41) is 10.5. The normalized spacial score (nSPS) is 17.0. The summed E-state index contributed by atoms with van der Waals surface area (Å²) in [4.78, 5) is 28.1. The highest BCUT2D eigenvalue weighted by atomic mass is 19.1. The first kappa shape index (κ1) is 29.7. The van der Waals surface area contributed by atoms with Crippen molar-refractivity contribution in [1.29, 1.82) is 0 Å². The maximum Gasteiger partial charge on any atom is 0.337 e. The van der Waals surface area contributed by atoms with Gasteiger partial charge in [-0.3, -0.25) is 4.79 Å². The maximum atomic E-state index is 15.6. The van der Waals surface area contributed by atoms with Gasteiger partial charge in [0.05, 0.1) is 18.2 Å². The van der Waals surface area contributed by atoms with Crippen molar-refractivity contribution in [3.63, 3.8) is 0 Å². The number of halogens is 2. The van der Waals surface area contributed by atoms with Gasteiger partial charge in [-0.2, -0.15) is 0 Å². The van der Waals surface area contributed by atoms with Crippen LogP contribution in [0.5, 0.6) is 5.75 Å². The maximum absolute atomic E-state index is 15.6. The number of benzene rings is 3. The fourth-order valence-corrected chi connectivity index (χ4v) is 6.56. The SMILES string of the molecule is Cc1c(-c2c(C)c3c(c(C)c2[C@H](OC(C)(C)C)C(=O)O)CN(C(=O)c2cccc(F)c2)[C@@H]3C)cc(F)c2c1CCCO2. The summed E-state index contributed by atoms with van der Waals surface area (Å²) in [6, 6.07) is 6.63. The Morgan fingerprint density at radius 1 is 1.07 bits per heavy atom. The van der Waals surface area contributed by atoms with Crippen LogP contribution < -0.4 is 4.74 Å². The fourth-order valence-electron chi connectivity index (χ4n) is 6.56. The summed E-state index contributed by atoms with van der Waals surface area (Å²) in [7, 11) is 0. The Bertz CT molecular complexity index is 1610. The second-order valence-electron chi connectivity index (χ2n) is 12.3. The van der Waals surface area contributed by atoms with Gasteiger partial charge in [-0.05, 0) is 125 Å². The molecule has 0 bridgehead atoms. The molecule has 0 unspecified atom stereocenters. The van der Waals surface area contributed by atoms with Gasteiger partial charge in [-0.1, -0.05) is 6.07 Å². The van der Waals surface area contributed by atoms with Crippen LogP contribution >= 0.6 is 0 Å². The molecule has 2 aliphatic rings. The van der Waals surface area contributed by atoms with Crippen LogP contribution in [-0.4, -0.2) is 34.1 Å². The van der Waals surface area contributed by atoms with Crippen LogP contribution in [-0.2, 0) is 22.5 Å². The van der Waals surface area contributed by atoms with Crippen molar-refractivity contribution in [2.75, 3.05) is 6.61 Å². The van der Waals surface area contributed by atoms with E-state index in [1.165, 1.54) is 24.3 Å². The molecule has 5 rings (SSSR count). The first-order valence-corrected chi connectivity index (χ1v) is 14.3. The number of hydrogen-bond donors (Lipinski definition) is 1. The number of hydrogen-bond acceptors (Lipinski definition) is 4. The minimum atomic E-state index is -1.35. The molecule has 1 amide bonds. The minimum absolute atomic E-state index is 0.221. The van der Waals surface area contributed by atoms with E-state index in [-0.39, 0.29) is 29.8 Å². The van der Waals surface area contributed by atoms with E-state index in [4.69, 9.17) is 9.47 Å². The van der Waals surface area contributed by atoms with E-state index in [1.807, 2.05) is 27.7 Å². The Morgan fingerprint density at radius 3 is 2.43 bits per heavy atom. The number of fused-ring (bicyclic) bond motifs is 2. The standard InChI is InChI=1S/C34H37F2NO5/c1-17-23-12-9-13-41-30(23)26(36)15-24(17)28-19(3)27-20(4)37(32(38)21-10-8-11-22(35)14-21)16-25(27)18(2)29(28)31(33(39)40)42-34(5,6)7/h8,10-11,14-15,20,31H,9,12-13,16H2,1-7H3,(H,39,40)/t20-,31+/m1/s1. The first-order chi connectivity index (χ1) is 19.7. The third-order valence-electron chi connectivity index (χ3n) is 8.44. The van der Waals surface area contributed by atoms with E-state index >= 15 is 4.39 Å². The molecule has 8 heteroatoms. The highest BCUT2D eigenvalue weighted by molar-refractivity contribution is 5.95. The van der Waals surface area contributed by atoms with Crippen molar-refractivity contribution in [2.24, 2.45) is 0 Å². The summed E-state index contributed by atoms with van der Waals surface area (Å²) in [6.07, 6.45) is 0.0597. The Hall–Kier alpha value is -3.78. The number of rotatable bonds is 5. The zero-order chi connectivity index (χ0) is 30.7. The predicted molar refractivity (Wildman–Crippen MR) is 156 cm³/mol. The van der Waals surface area contributed by atoms with Gasteiger partial charge in [-0.25, -0.2) is 13.6 Å². The van der Waals surface area contributed by atoms with Crippen LogP contribution in [0.4, 0.5) is 8.78 Å². The van der Waals surface area contributed by atoms with Crippen LogP contribution in [0.15, 0.2) is 30.3 Å². The molecular formula is C34H37F2NO5. The van der Waals surface area contributed by atoms with Gasteiger partial charge >= 0.3 is 5.97 Å². The largest absolute Gasteiger partial charge is 0.490 e. The van der Waals surface area contributed by atoms with Crippen LogP contribution in [0.1, 0.15) is 95.6 Å². The molecule has 3 aromatic rings. The highest BCUT2D eigenvalue weighted by Gasteiger charge is 2.40. The third-order valence-corrected chi connectivity index (χ3v) is 8.44. The summed E-state index contributed by atoms with van der Waals surface area (Å²) < 4.78 is 41.4. The Morgan fingerprint density at radius 2 is 1.79 bits per heavy atom. The molecule has 0 fully saturated rings. The molecule has 0 saturated carbocycles. The van der Waals surface area contributed by atoms with Crippen molar-refractivity contribution in [2.45, 2.75) is 85.6 Å². The van der Waals surface area contributed by atoms with E-state index in [0.717, 1.165) is 34.2 Å². The second-order valence-corrected chi connectivity index (χ2v) is 12.3. The van der Waals surface area contributed by atoms with E-state index in [1.54, 1.807) is 31.7 Å². The van der Waals surface area contributed by atoms with Gasteiger partial charge in [0.1, 0.15) is 5.82 Å². The topological polar surface area (TPSA) is 76.1 Å². The van der Waals surface area contributed by atoms with Crippen LogP contribution in [0.25, 0.3) is 11.1 Å². The van der Waals surface area contributed by atoms with Gasteiger partial charge in [0, 0.05) is 23.2 Å². The van der Waals surface area contributed by atoms with Crippen molar-refractivity contribution < 1.29 is 33.0 Å². The van der Waals surface area contributed by atoms with E-state index in [9.17, 15) is 19.1 Å². The van der Waals surface area contributed by atoms with E-state index < -0.39 is 29.3 Å². The summed E-state index contributed by atoms with van der Waals surface area (Å²) >= 11 is 0. The van der Waals surface area contributed by atoms with Gasteiger partial charge in [0.15, 0.2) is 17.7 Å². The lowest BCUT2D eigenvalue weighted by molar-refractivity contribution is -0.160. The fraction of sp³-hybridized carbons (Fsp3) is 0.412. The lowest BCUT2D eigenvalue weighted by atomic mass is 9.80. The summed E-state index contributed by atoms with van der Waals surface area (Å²) in [5.74, 6) is -2.23. The highest BCUT2D eigenvalue weighted by Crippen LogP contribution is 2.49. The van der Waals surface area contributed by atoms with Gasteiger partial charge in [-0.15, -0.1) is 0 Å². The molecule has 42 heavy (non-hydrogen) atoms. The van der Waals surface area contributed by atoms with Gasteiger partial charge in [0.2, 0.25) is 0 Å².